The quantitative estimate of drug-likeness (QED) is 0.686. The first kappa shape index (κ1) is 15.7. The summed E-state index contributed by atoms with van der Waals surface area (Å²) < 4.78 is 1.17. The van der Waals surface area contributed by atoms with Gasteiger partial charge in [-0.3, -0.25) is 0 Å². The van der Waals surface area contributed by atoms with Crippen LogP contribution in [0.3, 0.4) is 0 Å². The third kappa shape index (κ3) is 5.85. The molecule has 0 aromatic heterocycles. The molecule has 6 heteroatoms. The Kier molecular flexibility index (Phi) is 6.52. The van der Waals surface area contributed by atoms with E-state index in [-0.39, 0.29) is 0 Å². The van der Waals surface area contributed by atoms with Gasteiger partial charge in [-0.2, -0.15) is 0 Å². The lowest BCUT2D eigenvalue weighted by atomic mass is 9.92. The standard InChI is InChI=1S/C11H14BrN.C2H2O4/c12-11-5-3-9(4-6-11)10-2-1-7-13-8-10;3-1(4)2(5)6/h3-6,10,13H,1-2,7-8H2;(H,3,4)(H,5,6). The van der Waals surface area contributed by atoms with Crippen molar-refractivity contribution in [1.29, 1.82) is 0 Å². The summed E-state index contributed by atoms with van der Waals surface area (Å²) in [4.78, 5) is 18.2. The van der Waals surface area contributed by atoms with E-state index in [4.69, 9.17) is 19.8 Å². The number of rotatable bonds is 1. The van der Waals surface area contributed by atoms with Gasteiger partial charge in [-0.15, -0.1) is 0 Å². The van der Waals surface area contributed by atoms with Crippen LogP contribution in [-0.4, -0.2) is 35.2 Å². The molecule has 3 N–H and O–H groups in total. The van der Waals surface area contributed by atoms with Crippen LogP contribution in [0.1, 0.15) is 24.3 Å². The summed E-state index contributed by atoms with van der Waals surface area (Å²) >= 11 is 3.45. The van der Waals surface area contributed by atoms with E-state index >= 15 is 0 Å². The normalized spacial score (nSPS) is 18.1. The molecule has 0 radical (unpaired) electrons. The van der Waals surface area contributed by atoms with Gasteiger partial charge in [-0.05, 0) is 43.0 Å². The molecule has 19 heavy (non-hydrogen) atoms. The largest absolute Gasteiger partial charge is 0.473 e. The molecule has 0 amide bonds. The van der Waals surface area contributed by atoms with Crippen molar-refractivity contribution in [1.82, 2.24) is 5.32 Å². The van der Waals surface area contributed by atoms with Crippen molar-refractivity contribution < 1.29 is 19.8 Å². The molecule has 1 aliphatic heterocycles. The third-order valence-electron chi connectivity index (χ3n) is 2.82. The van der Waals surface area contributed by atoms with Gasteiger partial charge >= 0.3 is 11.9 Å². The Balaban J connectivity index is 0.000000258. The molecule has 1 fully saturated rings. The zero-order valence-corrected chi connectivity index (χ0v) is 11.9. The van der Waals surface area contributed by atoms with Crippen LogP contribution in [0.15, 0.2) is 28.7 Å². The minimum Gasteiger partial charge on any atom is -0.473 e. The zero-order valence-electron chi connectivity index (χ0n) is 10.3. The van der Waals surface area contributed by atoms with E-state index in [1.807, 2.05) is 0 Å². The summed E-state index contributed by atoms with van der Waals surface area (Å²) in [5.41, 5.74) is 1.47. The number of hydrogen-bond acceptors (Lipinski definition) is 3. The molecule has 1 unspecified atom stereocenters. The van der Waals surface area contributed by atoms with Gasteiger partial charge < -0.3 is 15.5 Å². The fourth-order valence-corrected chi connectivity index (χ4v) is 2.14. The van der Waals surface area contributed by atoms with Crippen LogP contribution in [0.25, 0.3) is 0 Å². The Morgan fingerprint density at radius 2 is 1.74 bits per heavy atom. The molecule has 1 aliphatic rings. The molecule has 5 nitrogen and oxygen atoms in total. The molecule has 2 rings (SSSR count). The summed E-state index contributed by atoms with van der Waals surface area (Å²) in [6, 6.07) is 8.71. The molecule has 0 aliphatic carbocycles. The van der Waals surface area contributed by atoms with Crippen LogP contribution in [-0.2, 0) is 9.59 Å². The molecule has 1 aromatic carbocycles. The van der Waals surface area contributed by atoms with Gasteiger partial charge in [0, 0.05) is 11.0 Å². The number of carboxylic acid groups (broad SMARTS) is 2. The second-order valence-electron chi connectivity index (χ2n) is 4.21. The second kappa shape index (κ2) is 7.91. The van der Waals surface area contributed by atoms with Crippen LogP contribution in [0, 0.1) is 0 Å². The van der Waals surface area contributed by atoms with Crippen molar-refractivity contribution in [3.63, 3.8) is 0 Å². The van der Waals surface area contributed by atoms with Crippen LogP contribution < -0.4 is 5.32 Å². The van der Waals surface area contributed by atoms with Crippen LogP contribution in [0.5, 0.6) is 0 Å². The lowest BCUT2D eigenvalue weighted by Gasteiger charge is -2.22. The lowest BCUT2D eigenvalue weighted by molar-refractivity contribution is -0.159. The van der Waals surface area contributed by atoms with Crippen molar-refractivity contribution >= 4 is 27.9 Å². The highest BCUT2D eigenvalue weighted by molar-refractivity contribution is 9.10. The first-order chi connectivity index (χ1) is 9.00. The minimum atomic E-state index is -1.82. The van der Waals surface area contributed by atoms with Gasteiger partial charge in [-0.1, -0.05) is 28.1 Å². The predicted octanol–water partition coefficient (Wildman–Crippen LogP) is 2.07. The van der Waals surface area contributed by atoms with Crippen molar-refractivity contribution in [3.8, 4) is 0 Å². The number of carboxylic acids is 2. The molecule has 1 aromatic rings. The molecule has 0 spiro atoms. The van der Waals surface area contributed by atoms with E-state index in [1.165, 1.54) is 29.4 Å². The van der Waals surface area contributed by atoms with Crippen LogP contribution in [0.4, 0.5) is 0 Å². The summed E-state index contributed by atoms with van der Waals surface area (Å²) in [5, 5.41) is 18.2. The van der Waals surface area contributed by atoms with Gasteiger partial charge in [0.1, 0.15) is 0 Å². The minimum absolute atomic E-state index is 0.724. The Morgan fingerprint density at radius 3 is 2.16 bits per heavy atom. The highest BCUT2D eigenvalue weighted by atomic mass is 79.9. The van der Waals surface area contributed by atoms with Crippen LogP contribution in [0.2, 0.25) is 0 Å². The van der Waals surface area contributed by atoms with E-state index in [2.05, 4.69) is 45.5 Å². The highest BCUT2D eigenvalue weighted by Crippen LogP contribution is 2.24. The molecule has 1 atom stereocenters. The maximum absolute atomic E-state index is 9.10. The van der Waals surface area contributed by atoms with Gasteiger partial charge in [0.15, 0.2) is 0 Å². The van der Waals surface area contributed by atoms with Gasteiger partial charge in [0.2, 0.25) is 0 Å². The fourth-order valence-electron chi connectivity index (χ4n) is 1.87. The summed E-state index contributed by atoms with van der Waals surface area (Å²) in [7, 11) is 0. The molecule has 0 saturated carbocycles. The summed E-state index contributed by atoms with van der Waals surface area (Å²) in [6.07, 6.45) is 2.63. The highest BCUT2D eigenvalue weighted by Gasteiger charge is 2.14. The first-order valence-corrected chi connectivity index (χ1v) is 6.72. The SMILES string of the molecule is Brc1ccc(C2CCCNC2)cc1.O=C(O)C(=O)O. The van der Waals surface area contributed by atoms with E-state index in [0.29, 0.717) is 0 Å². The first-order valence-electron chi connectivity index (χ1n) is 5.93. The van der Waals surface area contributed by atoms with Crippen molar-refractivity contribution in [2.75, 3.05) is 13.1 Å². The predicted molar refractivity (Wildman–Crippen MR) is 74.3 cm³/mol. The fraction of sp³-hybridized carbons (Fsp3) is 0.385. The number of nitrogens with one attached hydrogen (secondary N) is 1. The number of benzene rings is 1. The average molecular weight is 330 g/mol. The summed E-state index contributed by atoms with van der Waals surface area (Å²) in [6.45, 7) is 2.33. The average Bonchev–Trinajstić information content (AvgIpc) is 2.41. The number of aliphatic carboxylic acids is 2. The Bertz CT molecular complexity index is 415. The smallest absolute Gasteiger partial charge is 0.414 e. The third-order valence-corrected chi connectivity index (χ3v) is 3.35. The number of halogens is 1. The molecule has 1 saturated heterocycles. The molecular weight excluding hydrogens is 314 g/mol. The van der Waals surface area contributed by atoms with Crippen molar-refractivity contribution in [3.05, 3.63) is 34.3 Å². The summed E-state index contributed by atoms with van der Waals surface area (Å²) in [5.74, 6) is -2.92. The van der Waals surface area contributed by atoms with E-state index < -0.39 is 11.9 Å². The van der Waals surface area contributed by atoms with Gasteiger partial charge in [0.05, 0.1) is 0 Å². The molecule has 104 valence electrons. The topological polar surface area (TPSA) is 86.6 Å². The zero-order chi connectivity index (χ0) is 14.3. The van der Waals surface area contributed by atoms with Gasteiger partial charge in [0.25, 0.3) is 0 Å². The van der Waals surface area contributed by atoms with E-state index in [0.717, 1.165) is 12.5 Å². The van der Waals surface area contributed by atoms with E-state index in [9.17, 15) is 0 Å². The molecule has 0 bridgehead atoms. The van der Waals surface area contributed by atoms with Gasteiger partial charge in [-0.25, -0.2) is 9.59 Å². The number of hydrogen-bond donors (Lipinski definition) is 3. The molecular formula is C13H16BrNO4. The van der Waals surface area contributed by atoms with Crippen LogP contribution >= 0.6 is 15.9 Å². The van der Waals surface area contributed by atoms with Crippen molar-refractivity contribution in [2.24, 2.45) is 0 Å². The number of piperidine rings is 1. The Hall–Kier alpha value is -1.40. The van der Waals surface area contributed by atoms with Crippen molar-refractivity contribution in [2.45, 2.75) is 18.8 Å². The second-order valence-corrected chi connectivity index (χ2v) is 5.12. The Morgan fingerprint density at radius 1 is 1.16 bits per heavy atom. The number of carbonyl (C=O) groups is 2. The Labute approximate surface area is 119 Å². The van der Waals surface area contributed by atoms with E-state index in [1.54, 1.807) is 0 Å². The maximum Gasteiger partial charge on any atom is 0.414 e. The maximum atomic E-state index is 9.10. The molecule has 1 heterocycles. The lowest BCUT2D eigenvalue weighted by Crippen LogP contribution is -2.28. The monoisotopic (exact) mass is 329 g/mol.